The Kier molecular flexibility index (Phi) is 4.15. The van der Waals surface area contributed by atoms with Gasteiger partial charge >= 0.3 is 6.09 Å². The lowest BCUT2D eigenvalue weighted by molar-refractivity contribution is 0.120. The van der Waals surface area contributed by atoms with Crippen molar-refractivity contribution in [2.45, 2.75) is 12.1 Å². The number of aliphatic hydroxyl groups is 1. The van der Waals surface area contributed by atoms with E-state index in [1.165, 1.54) is 0 Å². The summed E-state index contributed by atoms with van der Waals surface area (Å²) in [5, 5.41) is 21.6. The molecule has 0 heterocycles. The molecule has 0 unspecified atom stereocenters. The number of aliphatic hydroxyl groups excluding tert-OH is 1. The molecule has 1 amide bonds. The van der Waals surface area contributed by atoms with E-state index in [9.17, 15) is 9.90 Å². The van der Waals surface area contributed by atoms with Gasteiger partial charge in [-0.15, -0.1) is 0 Å². The number of benzene rings is 2. The highest BCUT2D eigenvalue weighted by Crippen LogP contribution is 2.28. The minimum atomic E-state index is -1.16. The van der Waals surface area contributed by atoms with Crippen LogP contribution in [0.5, 0.6) is 0 Å². The topological polar surface area (TPSA) is 69.6 Å². The lowest BCUT2D eigenvalue weighted by Crippen LogP contribution is -2.31. The molecule has 0 saturated heterocycles. The van der Waals surface area contributed by atoms with Gasteiger partial charge in [0.25, 0.3) is 0 Å². The van der Waals surface area contributed by atoms with Crippen LogP contribution in [0.25, 0.3) is 0 Å². The molecule has 0 aliphatic carbocycles. The number of rotatable bonds is 4. The van der Waals surface area contributed by atoms with Crippen LogP contribution in [-0.4, -0.2) is 16.3 Å². The van der Waals surface area contributed by atoms with E-state index in [-0.39, 0.29) is 0 Å². The zero-order valence-electron chi connectivity index (χ0n) is 10.2. The van der Waals surface area contributed by atoms with Crippen molar-refractivity contribution < 1.29 is 15.0 Å². The predicted molar refractivity (Wildman–Crippen MR) is 71.7 cm³/mol. The van der Waals surface area contributed by atoms with Crippen LogP contribution in [0.4, 0.5) is 4.79 Å². The molecule has 0 aliphatic rings. The Bertz CT molecular complexity index is 528. The summed E-state index contributed by atoms with van der Waals surface area (Å²) in [6, 6.07) is 17.3. The number of nitrogens with one attached hydrogen (secondary N) is 1. The summed E-state index contributed by atoms with van der Waals surface area (Å²) >= 11 is 0. The number of carbonyl (C=O) groups is 1. The van der Waals surface area contributed by atoms with Crippen molar-refractivity contribution in [3.05, 3.63) is 71.8 Å². The molecule has 0 radical (unpaired) electrons. The van der Waals surface area contributed by atoms with Crippen LogP contribution in [0.1, 0.15) is 23.3 Å². The Labute approximate surface area is 111 Å². The molecular weight excluding hydrogens is 242 g/mol. The molecule has 0 aromatic heterocycles. The molecular formula is C15H15NO3. The zero-order chi connectivity index (χ0) is 13.7. The van der Waals surface area contributed by atoms with E-state index < -0.39 is 18.2 Å². The Morgan fingerprint density at radius 2 is 1.37 bits per heavy atom. The van der Waals surface area contributed by atoms with Gasteiger partial charge in [-0.2, -0.15) is 0 Å². The minimum Gasteiger partial charge on any atom is -0.465 e. The van der Waals surface area contributed by atoms with Crippen LogP contribution < -0.4 is 5.32 Å². The molecule has 4 nitrogen and oxygen atoms in total. The van der Waals surface area contributed by atoms with E-state index in [0.29, 0.717) is 5.56 Å². The van der Waals surface area contributed by atoms with Crippen LogP contribution in [-0.2, 0) is 0 Å². The van der Waals surface area contributed by atoms with Gasteiger partial charge in [-0.3, -0.25) is 0 Å². The number of hydrogen-bond acceptors (Lipinski definition) is 2. The van der Waals surface area contributed by atoms with Crippen LogP contribution in [0.15, 0.2) is 60.7 Å². The second kappa shape index (κ2) is 6.02. The summed E-state index contributed by atoms with van der Waals surface area (Å²) in [5.74, 6) is 0. The van der Waals surface area contributed by atoms with Crippen molar-refractivity contribution in [2.75, 3.05) is 0 Å². The third-order valence-electron chi connectivity index (χ3n) is 2.89. The largest absolute Gasteiger partial charge is 0.465 e. The molecule has 2 atom stereocenters. The molecule has 2 aromatic carbocycles. The van der Waals surface area contributed by atoms with Gasteiger partial charge in [0.15, 0.2) is 0 Å². The van der Waals surface area contributed by atoms with Crippen molar-refractivity contribution in [3.8, 4) is 0 Å². The molecule has 0 aliphatic heterocycles. The standard InChI is InChI=1S/C15H15NO3/c17-14(12-9-5-2-6-10-12)13(16-15(18)19)11-7-3-1-4-8-11/h1-10,13-14,16-17H,(H,18,19)/t13-,14-/m1/s1. The van der Waals surface area contributed by atoms with Crippen LogP contribution in [0, 0.1) is 0 Å². The molecule has 0 bridgehead atoms. The Balaban J connectivity index is 2.30. The molecule has 2 rings (SSSR count). The molecule has 0 fully saturated rings. The SMILES string of the molecule is O=C(O)N[C@H](c1ccccc1)[C@H](O)c1ccccc1. The van der Waals surface area contributed by atoms with Crippen LogP contribution in [0.3, 0.4) is 0 Å². The van der Waals surface area contributed by atoms with E-state index in [0.717, 1.165) is 5.56 Å². The van der Waals surface area contributed by atoms with Crippen molar-refractivity contribution in [1.82, 2.24) is 5.32 Å². The predicted octanol–water partition coefficient (Wildman–Crippen LogP) is 2.73. The first-order valence-corrected chi connectivity index (χ1v) is 5.96. The maximum Gasteiger partial charge on any atom is 0.405 e. The van der Waals surface area contributed by atoms with E-state index in [4.69, 9.17) is 5.11 Å². The lowest BCUT2D eigenvalue weighted by Gasteiger charge is -2.23. The van der Waals surface area contributed by atoms with Crippen molar-refractivity contribution in [3.63, 3.8) is 0 Å². The fourth-order valence-corrected chi connectivity index (χ4v) is 1.98. The number of amides is 1. The Hall–Kier alpha value is -2.33. The van der Waals surface area contributed by atoms with E-state index in [1.807, 2.05) is 24.3 Å². The molecule has 2 aromatic rings. The van der Waals surface area contributed by atoms with Crippen molar-refractivity contribution >= 4 is 6.09 Å². The maximum atomic E-state index is 10.9. The third-order valence-corrected chi connectivity index (χ3v) is 2.89. The van der Waals surface area contributed by atoms with Gasteiger partial charge in [0.2, 0.25) is 0 Å². The molecule has 4 heteroatoms. The van der Waals surface area contributed by atoms with Crippen LogP contribution in [0.2, 0.25) is 0 Å². The first-order valence-electron chi connectivity index (χ1n) is 5.96. The van der Waals surface area contributed by atoms with Gasteiger partial charge < -0.3 is 15.5 Å². The first-order chi connectivity index (χ1) is 9.18. The first kappa shape index (κ1) is 13.1. The van der Waals surface area contributed by atoms with Crippen LogP contribution >= 0.6 is 0 Å². The third kappa shape index (κ3) is 3.33. The zero-order valence-corrected chi connectivity index (χ0v) is 10.2. The van der Waals surface area contributed by atoms with Gasteiger partial charge in [0.1, 0.15) is 6.10 Å². The quantitative estimate of drug-likeness (QED) is 0.788. The van der Waals surface area contributed by atoms with E-state index >= 15 is 0 Å². The smallest absolute Gasteiger partial charge is 0.405 e. The van der Waals surface area contributed by atoms with Crippen molar-refractivity contribution in [2.24, 2.45) is 0 Å². The average molecular weight is 257 g/mol. The summed E-state index contributed by atoms with van der Waals surface area (Å²) in [7, 11) is 0. The summed E-state index contributed by atoms with van der Waals surface area (Å²) in [6.45, 7) is 0. The van der Waals surface area contributed by atoms with E-state index in [2.05, 4.69) is 5.32 Å². The van der Waals surface area contributed by atoms with E-state index in [1.54, 1.807) is 36.4 Å². The summed E-state index contributed by atoms with van der Waals surface area (Å²) < 4.78 is 0. The highest BCUT2D eigenvalue weighted by Gasteiger charge is 2.24. The molecule has 19 heavy (non-hydrogen) atoms. The summed E-state index contributed by atoms with van der Waals surface area (Å²) in [5.41, 5.74) is 1.39. The fourth-order valence-electron chi connectivity index (χ4n) is 1.98. The highest BCUT2D eigenvalue weighted by atomic mass is 16.4. The van der Waals surface area contributed by atoms with Crippen molar-refractivity contribution in [1.29, 1.82) is 0 Å². The van der Waals surface area contributed by atoms with Gasteiger partial charge in [0.05, 0.1) is 6.04 Å². The lowest BCUT2D eigenvalue weighted by atomic mass is 9.96. The summed E-state index contributed by atoms with van der Waals surface area (Å²) in [6.07, 6.45) is -2.09. The average Bonchev–Trinajstić information content (AvgIpc) is 2.46. The fraction of sp³-hybridized carbons (Fsp3) is 0.133. The monoisotopic (exact) mass is 257 g/mol. The number of carboxylic acid groups (broad SMARTS) is 1. The van der Waals surface area contributed by atoms with Gasteiger partial charge in [0, 0.05) is 0 Å². The van der Waals surface area contributed by atoms with Gasteiger partial charge in [-0.25, -0.2) is 4.79 Å². The highest BCUT2D eigenvalue weighted by molar-refractivity contribution is 5.65. The normalized spacial score (nSPS) is 13.5. The maximum absolute atomic E-state index is 10.9. The summed E-state index contributed by atoms with van der Waals surface area (Å²) in [4.78, 5) is 10.9. The minimum absolute atomic E-state index is 0.671. The van der Waals surface area contributed by atoms with Gasteiger partial charge in [-0.1, -0.05) is 60.7 Å². The van der Waals surface area contributed by atoms with Gasteiger partial charge in [-0.05, 0) is 11.1 Å². The molecule has 98 valence electrons. The Morgan fingerprint density at radius 3 is 1.84 bits per heavy atom. The molecule has 3 N–H and O–H groups in total. The molecule has 0 spiro atoms. The Morgan fingerprint density at radius 1 is 0.895 bits per heavy atom. The second-order valence-corrected chi connectivity index (χ2v) is 4.19. The number of hydrogen-bond donors (Lipinski definition) is 3. The molecule has 0 saturated carbocycles. The second-order valence-electron chi connectivity index (χ2n) is 4.19.